The number of anilines is 1. The van der Waals surface area contributed by atoms with Crippen molar-refractivity contribution in [1.82, 2.24) is 15.0 Å². The van der Waals surface area contributed by atoms with Crippen LogP contribution in [0.2, 0.25) is 5.02 Å². The lowest BCUT2D eigenvalue weighted by Crippen LogP contribution is -2.37. The van der Waals surface area contributed by atoms with E-state index in [4.69, 9.17) is 26.1 Å². The quantitative estimate of drug-likeness (QED) is 0.650. The Kier molecular flexibility index (Phi) is 5.57. The van der Waals surface area contributed by atoms with Crippen molar-refractivity contribution in [1.29, 1.82) is 0 Å². The Labute approximate surface area is 172 Å². The maximum atomic E-state index is 12.0. The molecule has 8 nitrogen and oxygen atoms in total. The Morgan fingerprint density at radius 3 is 2.72 bits per heavy atom. The Morgan fingerprint density at radius 1 is 1.21 bits per heavy atom. The molecule has 0 radical (unpaired) electrons. The molecule has 0 aliphatic carbocycles. The zero-order chi connectivity index (χ0) is 20.4. The van der Waals surface area contributed by atoms with Gasteiger partial charge in [0.1, 0.15) is 16.7 Å². The van der Waals surface area contributed by atoms with E-state index in [0.29, 0.717) is 49.0 Å². The number of ether oxygens (including phenoxy) is 2. The van der Waals surface area contributed by atoms with E-state index in [9.17, 15) is 9.90 Å². The van der Waals surface area contributed by atoms with Crippen LogP contribution in [0.25, 0.3) is 22.3 Å². The lowest BCUT2D eigenvalue weighted by Gasteiger charge is -2.27. The molecule has 1 saturated heterocycles. The predicted molar refractivity (Wildman–Crippen MR) is 108 cm³/mol. The van der Waals surface area contributed by atoms with Crippen molar-refractivity contribution in [2.24, 2.45) is 0 Å². The van der Waals surface area contributed by atoms with Gasteiger partial charge in [0, 0.05) is 18.7 Å². The minimum atomic E-state index is -0.596. The molecule has 9 heteroatoms. The fourth-order valence-corrected chi connectivity index (χ4v) is 3.42. The number of carbonyl (C=O) groups is 1. The third-order valence-electron chi connectivity index (χ3n) is 4.67. The van der Waals surface area contributed by atoms with E-state index in [1.807, 2.05) is 29.2 Å². The van der Waals surface area contributed by atoms with Gasteiger partial charge in [-0.15, -0.1) is 0 Å². The molecule has 1 aliphatic rings. The lowest BCUT2D eigenvalue weighted by molar-refractivity contribution is 0.0594. The summed E-state index contributed by atoms with van der Waals surface area (Å²) in [6.45, 7) is 2.39. The molecule has 150 valence electrons. The number of esters is 1. The zero-order valence-corrected chi connectivity index (χ0v) is 16.5. The summed E-state index contributed by atoms with van der Waals surface area (Å²) in [5.74, 6) is -0.0826. The highest BCUT2D eigenvalue weighted by Gasteiger charge is 2.21. The maximum Gasteiger partial charge on any atom is 0.356 e. The number of benzene rings is 1. The van der Waals surface area contributed by atoms with Gasteiger partial charge >= 0.3 is 5.97 Å². The van der Waals surface area contributed by atoms with Crippen molar-refractivity contribution in [3.63, 3.8) is 0 Å². The molecule has 1 fully saturated rings. The number of hydrogen-bond donors (Lipinski definition) is 1. The van der Waals surface area contributed by atoms with Crippen molar-refractivity contribution in [3.05, 3.63) is 46.6 Å². The standard InChI is InChI=1S/C20H19ClN4O4/c1-28-19(27)15-10-14(21)17-18(22-15)16(13-4-2-3-12(9-13)11-26)23-20(24-17)25-5-7-29-8-6-25/h2-4,9-10,26H,5-8,11H2,1H3. The van der Waals surface area contributed by atoms with Crippen LogP contribution in [0.4, 0.5) is 5.95 Å². The minimum Gasteiger partial charge on any atom is -0.464 e. The van der Waals surface area contributed by atoms with Crippen LogP contribution in [-0.2, 0) is 16.1 Å². The first kappa shape index (κ1) is 19.5. The molecule has 2 aromatic heterocycles. The molecule has 0 amide bonds. The van der Waals surface area contributed by atoms with E-state index < -0.39 is 5.97 Å². The second-order valence-corrected chi connectivity index (χ2v) is 6.92. The normalized spacial score (nSPS) is 14.2. The largest absolute Gasteiger partial charge is 0.464 e. The summed E-state index contributed by atoms with van der Waals surface area (Å²) in [4.78, 5) is 27.8. The molecule has 29 heavy (non-hydrogen) atoms. The van der Waals surface area contributed by atoms with Gasteiger partial charge in [-0.1, -0.05) is 29.8 Å². The predicted octanol–water partition coefficient (Wildman–Crippen LogP) is 2.46. The van der Waals surface area contributed by atoms with E-state index in [1.54, 1.807) is 0 Å². The van der Waals surface area contributed by atoms with Crippen LogP contribution in [0.15, 0.2) is 30.3 Å². The lowest BCUT2D eigenvalue weighted by atomic mass is 10.1. The van der Waals surface area contributed by atoms with Gasteiger partial charge < -0.3 is 19.5 Å². The van der Waals surface area contributed by atoms with Crippen LogP contribution in [-0.4, -0.2) is 59.4 Å². The third-order valence-corrected chi connectivity index (χ3v) is 4.95. The number of methoxy groups -OCH3 is 1. The number of morpholine rings is 1. The van der Waals surface area contributed by atoms with Crippen LogP contribution in [0.5, 0.6) is 0 Å². The van der Waals surface area contributed by atoms with Crippen LogP contribution in [0.1, 0.15) is 16.1 Å². The van der Waals surface area contributed by atoms with E-state index in [2.05, 4.69) is 9.97 Å². The molecule has 4 rings (SSSR count). The van der Waals surface area contributed by atoms with Crippen molar-refractivity contribution >= 4 is 34.6 Å². The number of rotatable bonds is 4. The number of nitrogens with zero attached hydrogens (tertiary/aromatic N) is 4. The van der Waals surface area contributed by atoms with Gasteiger partial charge in [-0.05, 0) is 17.7 Å². The van der Waals surface area contributed by atoms with Gasteiger partial charge in [0.2, 0.25) is 5.95 Å². The average Bonchev–Trinajstić information content (AvgIpc) is 2.78. The maximum absolute atomic E-state index is 12.0. The van der Waals surface area contributed by atoms with Crippen molar-refractivity contribution in [2.45, 2.75) is 6.61 Å². The molecule has 1 aliphatic heterocycles. The number of carbonyl (C=O) groups excluding carboxylic acids is 1. The molecule has 1 N–H and O–H groups in total. The van der Waals surface area contributed by atoms with E-state index >= 15 is 0 Å². The van der Waals surface area contributed by atoms with Gasteiger partial charge in [0.25, 0.3) is 0 Å². The molecule has 0 bridgehead atoms. The van der Waals surface area contributed by atoms with Crippen LogP contribution in [0, 0.1) is 0 Å². The number of halogens is 1. The van der Waals surface area contributed by atoms with Gasteiger partial charge in [0.15, 0.2) is 5.69 Å². The fraction of sp³-hybridized carbons (Fsp3) is 0.300. The summed E-state index contributed by atoms with van der Waals surface area (Å²) in [6.07, 6.45) is 0. The molecule has 3 aromatic rings. The van der Waals surface area contributed by atoms with Gasteiger partial charge in [0.05, 0.1) is 32.0 Å². The summed E-state index contributed by atoms with van der Waals surface area (Å²) >= 11 is 6.47. The van der Waals surface area contributed by atoms with Crippen LogP contribution in [0.3, 0.4) is 0 Å². The number of pyridine rings is 1. The third kappa shape index (κ3) is 3.87. The summed E-state index contributed by atoms with van der Waals surface area (Å²) in [5.41, 5.74) is 2.92. The van der Waals surface area contributed by atoms with E-state index in [-0.39, 0.29) is 17.3 Å². The first-order valence-electron chi connectivity index (χ1n) is 9.10. The number of aromatic nitrogens is 3. The summed E-state index contributed by atoms with van der Waals surface area (Å²) in [5, 5.41) is 9.80. The summed E-state index contributed by atoms with van der Waals surface area (Å²) in [7, 11) is 1.28. The van der Waals surface area contributed by atoms with Crippen molar-refractivity contribution in [2.75, 3.05) is 38.3 Å². The van der Waals surface area contributed by atoms with Crippen LogP contribution >= 0.6 is 11.6 Å². The molecule has 0 atom stereocenters. The Balaban J connectivity index is 1.97. The van der Waals surface area contributed by atoms with Crippen LogP contribution < -0.4 is 4.90 Å². The zero-order valence-electron chi connectivity index (χ0n) is 15.8. The Hall–Kier alpha value is -2.81. The highest BCUT2D eigenvalue weighted by Crippen LogP contribution is 2.32. The summed E-state index contributed by atoms with van der Waals surface area (Å²) in [6, 6.07) is 8.78. The average molecular weight is 415 g/mol. The number of aliphatic hydroxyl groups is 1. The fourth-order valence-electron chi connectivity index (χ4n) is 3.19. The Bertz CT molecular complexity index is 1070. The van der Waals surface area contributed by atoms with Gasteiger partial charge in [-0.2, -0.15) is 0 Å². The monoisotopic (exact) mass is 414 g/mol. The minimum absolute atomic E-state index is 0.0762. The first-order chi connectivity index (χ1) is 14.1. The van der Waals surface area contributed by atoms with Gasteiger partial charge in [-0.3, -0.25) is 0 Å². The van der Waals surface area contributed by atoms with E-state index in [1.165, 1.54) is 13.2 Å². The first-order valence-corrected chi connectivity index (χ1v) is 9.48. The molecular formula is C20H19ClN4O4. The number of fused-ring (bicyclic) bond motifs is 1. The molecule has 0 saturated carbocycles. The topological polar surface area (TPSA) is 97.7 Å². The van der Waals surface area contributed by atoms with Crippen molar-refractivity contribution < 1.29 is 19.4 Å². The number of hydrogen-bond acceptors (Lipinski definition) is 8. The Morgan fingerprint density at radius 2 is 2.00 bits per heavy atom. The smallest absolute Gasteiger partial charge is 0.356 e. The molecule has 0 unspecified atom stereocenters. The highest BCUT2D eigenvalue weighted by molar-refractivity contribution is 6.35. The SMILES string of the molecule is COC(=O)c1cc(Cl)c2nc(N3CCOCC3)nc(-c3cccc(CO)c3)c2n1. The molecule has 3 heterocycles. The summed E-state index contributed by atoms with van der Waals surface area (Å²) < 4.78 is 10.2. The molecular weight excluding hydrogens is 396 g/mol. The second kappa shape index (κ2) is 8.28. The molecule has 1 aromatic carbocycles. The van der Waals surface area contributed by atoms with Crippen molar-refractivity contribution in [3.8, 4) is 11.3 Å². The molecule has 0 spiro atoms. The van der Waals surface area contributed by atoms with E-state index in [0.717, 1.165) is 11.1 Å². The van der Waals surface area contributed by atoms with Gasteiger partial charge in [-0.25, -0.2) is 19.7 Å². The highest BCUT2D eigenvalue weighted by atomic mass is 35.5. The second-order valence-electron chi connectivity index (χ2n) is 6.51. The number of aliphatic hydroxyl groups excluding tert-OH is 1.